The topological polar surface area (TPSA) is 35.2 Å². The highest BCUT2D eigenvalue weighted by Gasteiger charge is 2.22. The maximum Gasteiger partial charge on any atom is 0.145 e. The lowest BCUT2D eigenvalue weighted by Gasteiger charge is -2.17. The van der Waals surface area contributed by atoms with Crippen LogP contribution in [-0.4, -0.2) is 7.11 Å². The Hall–Kier alpha value is -1.46. The van der Waals surface area contributed by atoms with Crippen molar-refractivity contribution in [2.75, 3.05) is 7.11 Å². The van der Waals surface area contributed by atoms with Crippen molar-refractivity contribution in [3.05, 3.63) is 63.6 Å². The van der Waals surface area contributed by atoms with E-state index in [0.717, 1.165) is 0 Å². The van der Waals surface area contributed by atoms with E-state index >= 15 is 0 Å². The van der Waals surface area contributed by atoms with E-state index in [1.54, 1.807) is 24.3 Å². The van der Waals surface area contributed by atoms with Crippen molar-refractivity contribution < 1.29 is 13.5 Å². The highest BCUT2D eigenvalue weighted by atomic mass is 79.9. The fourth-order valence-electron chi connectivity index (χ4n) is 1.91. The highest BCUT2D eigenvalue weighted by molar-refractivity contribution is 9.10. The predicted octanol–water partition coefficient (Wildman–Crippen LogP) is 3.78. The van der Waals surface area contributed by atoms with Crippen molar-refractivity contribution in [1.82, 2.24) is 0 Å². The number of hydrogen-bond donors (Lipinski definition) is 1. The van der Waals surface area contributed by atoms with Gasteiger partial charge in [0.25, 0.3) is 0 Å². The zero-order valence-electron chi connectivity index (χ0n) is 10.2. The lowest BCUT2D eigenvalue weighted by Crippen LogP contribution is -2.16. The first-order chi connectivity index (χ1) is 9.06. The average molecular weight is 328 g/mol. The molecular weight excluding hydrogens is 316 g/mol. The molecule has 0 radical (unpaired) electrons. The Labute approximate surface area is 118 Å². The van der Waals surface area contributed by atoms with E-state index in [9.17, 15) is 8.78 Å². The van der Waals surface area contributed by atoms with Gasteiger partial charge >= 0.3 is 0 Å². The summed E-state index contributed by atoms with van der Waals surface area (Å²) in [6.45, 7) is 0. The monoisotopic (exact) mass is 327 g/mol. The lowest BCUT2D eigenvalue weighted by molar-refractivity contribution is 0.406. The quantitative estimate of drug-likeness (QED) is 0.870. The van der Waals surface area contributed by atoms with Crippen molar-refractivity contribution in [1.29, 1.82) is 0 Å². The molecule has 0 aromatic heterocycles. The van der Waals surface area contributed by atoms with Gasteiger partial charge < -0.3 is 10.5 Å². The maximum atomic E-state index is 14.0. The van der Waals surface area contributed by atoms with Gasteiger partial charge in [-0.1, -0.05) is 18.2 Å². The summed E-state index contributed by atoms with van der Waals surface area (Å²) in [6.07, 6.45) is 0. The van der Waals surface area contributed by atoms with Crippen LogP contribution >= 0.6 is 15.9 Å². The molecule has 100 valence electrons. The second kappa shape index (κ2) is 5.67. The fraction of sp³-hybridized carbons (Fsp3) is 0.143. The molecule has 1 atom stereocenters. The van der Waals surface area contributed by atoms with Crippen molar-refractivity contribution in [3.8, 4) is 5.75 Å². The number of hydrogen-bond acceptors (Lipinski definition) is 2. The van der Waals surface area contributed by atoms with E-state index in [2.05, 4.69) is 15.9 Å². The third kappa shape index (κ3) is 2.62. The molecule has 2 aromatic carbocycles. The molecule has 0 heterocycles. The third-order valence-corrected chi connectivity index (χ3v) is 3.48. The summed E-state index contributed by atoms with van der Waals surface area (Å²) in [6, 6.07) is 8.44. The molecule has 0 aliphatic rings. The summed E-state index contributed by atoms with van der Waals surface area (Å²) < 4.78 is 33.2. The molecule has 0 amide bonds. The first-order valence-corrected chi connectivity index (χ1v) is 6.37. The molecule has 5 heteroatoms. The van der Waals surface area contributed by atoms with Crippen LogP contribution in [0.1, 0.15) is 17.2 Å². The van der Waals surface area contributed by atoms with Gasteiger partial charge in [-0.25, -0.2) is 8.78 Å². The minimum Gasteiger partial charge on any atom is -0.496 e. The molecule has 1 unspecified atom stereocenters. The summed E-state index contributed by atoms with van der Waals surface area (Å²) in [5.41, 5.74) is 6.33. The van der Waals surface area contributed by atoms with Gasteiger partial charge in [0, 0.05) is 11.1 Å². The van der Waals surface area contributed by atoms with Gasteiger partial charge in [-0.2, -0.15) is 0 Å². The van der Waals surface area contributed by atoms with E-state index in [4.69, 9.17) is 10.5 Å². The Morgan fingerprint density at radius 1 is 1.16 bits per heavy atom. The number of benzene rings is 2. The Balaban J connectivity index is 2.56. The average Bonchev–Trinajstić information content (AvgIpc) is 2.43. The lowest BCUT2D eigenvalue weighted by atomic mass is 9.98. The molecule has 0 saturated carbocycles. The van der Waals surface area contributed by atoms with Gasteiger partial charge in [0.2, 0.25) is 0 Å². The Kier molecular flexibility index (Phi) is 4.17. The predicted molar refractivity (Wildman–Crippen MR) is 73.1 cm³/mol. The smallest absolute Gasteiger partial charge is 0.145 e. The van der Waals surface area contributed by atoms with Crippen molar-refractivity contribution >= 4 is 15.9 Å². The zero-order valence-corrected chi connectivity index (χ0v) is 11.7. The third-order valence-electron chi connectivity index (χ3n) is 2.86. The van der Waals surface area contributed by atoms with Gasteiger partial charge in [-0.3, -0.25) is 0 Å². The molecule has 2 N–H and O–H groups in total. The molecule has 2 aromatic rings. The van der Waals surface area contributed by atoms with Crippen LogP contribution in [0.25, 0.3) is 0 Å². The van der Waals surface area contributed by atoms with Crippen LogP contribution in [-0.2, 0) is 0 Å². The molecule has 2 nitrogen and oxygen atoms in total. The van der Waals surface area contributed by atoms with Crippen LogP contribution < -0.4 is 10.5 Å². The number of ether oxygens (including phenoxy) is 1. The number of rotatable bonds is 3. The van der Waals surface area contributed by atoms with Gasteiger partial charge in [0.05, 0.1) is 17.6 Å². The summed E-state index contributed by atoms with van der Waals surface area (Å²) in [5, 5.41) is 0. The zero-order chi connectivity index (χ0) is 14.0. The largest absolute Gasteiger partial charge is 0.496 e. The molecule has 0 spiro atoms. The molecule has 0 aliphatic heterocycles. The van der Waals surface area contributed by atoms with Crippen LogP contribution in [0.5, 0.6) is 5.75 Å². The maximum absolute atomic E-state index is 14.0. The normalized spacial score (nSPS) is 12.3. The highest BCUT2D eigenvalue weighted by Crippen LogP contribution is 2.33. The minimum absolute atomic E-state index is 0.175. The first kappa shape index (κ1) is 14.0. The Bertz CT molecular complexity index is 604. The van der Waals surface area contributed by atoms with E-state index in [1.165, 1.54) is 19.2 Å². The molecule has 0 saturated heterocycles. The summed E-state index contributed by atoms with van der Waals surface area (Å²) in [7, 11) is 1.49. The van der Waals surface area contributed by atoms with Crippen LogP contribution in [0.3, 0.4) is 0 Å². The number of nitrogens with two attached hydrogens (primary N) is 1. The van der Waals surface area contributed by atoms with E-state index in [0.29, 0.717) is 11.3 Å². The Morgan fingerprint density at radius 2 is 1.84 bits per heavy atom. The van der Waals surface area contributed by atoms with Crippen LogP contribution in [0.2, 0.25) is 0 Å². The first-order valence-electron chi connectivity index (χ1n) is 5.58. The second-order valence-electron chi connectivity index (χ2n) is 3.98. The molecule has 0 fully saturated rings. The minimum atomic E-state index is -0.936. The molecule has 2 rings (SSSR count). The standard InChI is InChI=1S/C14H12BrF2NO/c1-19-11-5-3-2-4-8(11)14(18)12-10(16)7-6-9(15)13(12)17/h2-7,14H,18H2,1H3. The summed E-state index contributed by atoms with van der Waals surface area (Å²) in [4.78, 5) is 0. The van der Waals surface area contributed by atoms with Crippen LogP contribution in [0.15, 0.2) is 40.9 Å². The molecule has 19 heavy (non-hydrogen) atoms. The summed E-state index contributed by atoms with van der Waals surface area (Å²) >= 11 is 3.03. The fourth-order valence-corrected chi connectivity index (χ4v) is 2.25. The Morgan fingerprint density at radius 3 is 2.53 bits per heavy atom. The second-order valence-corrected chi connectivity index (χ2v) is 4.83. The summed E-state index contributed by atoms with van der Waals surface area (Å²) in [5.74, 6) is -0.883. The van der Waals surface area contributed by atoms with Gasteiger partial charge in [-0.05, 0) is 34.1 Å². The molecule has 0 bridgehead atoms. The van der Waals surface area contributed by atoms with Gasteiger partial charge in [0.15, 0.2) is 0 Å². The van der Waals surface area contributed by atoms with Gasteiger partial charge in [-0.15, -0.1) is 0 Å². The van der Waals surface area contributed by atoms with E-state index < -0.39 is 17.7 Å². The van der Waals surface area contributed by atoms with Gasteiger partial charge in [0.1, 0.15) is 17.4 Å². The SMILES string of the molecule is COc1ccccc1C(N)c1c(F)ccc(Br)c1F. The number of halogens is 3. The van der Waals surface area contributed by atoms with Crippen molar-refractivity contribution in [2.24, 2.45) is 5.73 Å². The molecular formula is C14H12BrF2NO. The van der Waals surface area contributed by atoms with E-state index in [-0.39, 0.29) is 10.0 Å². The van der Waals surface area contributed by atoms with Crippen LogP contribution in [0.4, 0.5) is 8.78 Å². The number of para-hydroxylation sites is 1. The van der Waals surface area contributed by atoms with Crippen molar-refractivity contribution in [2.45, 2.75) is 6.04 Å². The number of methoxy groups -OCH3 is 1. The van der Waals surface area contributed by atoms with E-state index in [1.807, 2.05) is 0 Å². The van der Waals surface area contributed by atoms with Crippen molar-refractivity contribution in [3.63, 3.8) is 0 Å². The van der Waals surface area contributed by atoms with Crippen LogP contribution in [0, 0.1) is 11.6 Å². The molecule has 0 aliphatic carbocycles.